The van der Waals surface area contributed by atoms with E-state index in [2.05, 4.69) is 24.0 Å². The summed E-state index contributed by atoms with van der Waals surface area (Å²) in [5, 5.41) is 12.3. The molecule has 2 heterocycles. The van der Waals surface area contributed by atoms with Crippen LogP contribution in [0.5, 0.6) is 5.75 Å². The predicted octanol–water partition coefficient (Wildman–Crippen LogP) is 5.97. The second-order valence-corrected chi connectivity index (χ2v) is 7.98. The lowest BCUT2D eigenvalue weighted by Gasteiger charge is -2.06. The predicted molar refractivity (Wildman–Crippen MR) is 112 cm³/mol. The standard InChI is InChI=1S/C21H18ClN3O2S/c1-12(2)20-24-25-21(28-20)23-17-11-19(13-4-6-14(22)7-5-13)27-18-9-8-15(26-3)10-16(17)18/h4-12H,1-3H3. The second-order valence-electron chi connectivity index (χ2n) is 6.55. The molecule has 0 atom stereocenters. The molecule has 0 aliphatic carbocycles. The van der Waals surface area contributed by atoms with Gasteiger partial charge in [0.25, 0.3) is 0 Å². The minimum Gasteiger partial charge on any atom is -0.497 e. The molecule has 0 aliphatic rings. The summed E-state index contributed by atoms with van der Waals surface area (Å²) in [6, 6.07) is 15.1. The summed E-state index contributed by atoms with van der Waals surface area (Å²) in [4.78, 5) is 4.75. The molecule has 0 spiro atoms. The summed E-state index contributed by atoms with van der Waals surface area (Å²) in [7, 11) is 1.64. The SMILES string of the molecule is COc1ccc2oc(-c3ccc(Cl)cc3)cc(=Nc3nnc(C(C)C)s3)c2c1. The summed E-state index contributed by atoms with van der Waals surface area (Å²) in [5.41, 5.74) is 1.62. The van der Waals surface area contributed by atoms with Crippen molar-refractivity contribution in [1.29, 1.82) is 0 Å². The lowest BCUT2D eigenvalue weighted by Crippen LogP contribution is -2.03. The van der Waals surface area contributed by atoms with Gasteiger partial charge in [-0.3, -0.25) is 0 Å². The van der Waals surface area contributed by atoms with Crippen molar-refractivity contribution in [2.75, 3.05) is 7.11 Å². The van der Waals surface area contributed by atoms with Crippen LogP contribution >= 0.6 is 22.9 Å². The van der Waals surface area contributed by atoms with E-state index in [1.807, 2.05) is 48.5 Å². The Balaban J connectivity index is 1.94. The lowest BCUT2D eigenvalue weighted by atomic mass is 10.1. The van der Waals surface area contributed by atoms with Crippen LogP contribution in [-0.4, -0.2) is 17.3 Å². The van der Waals surface area contributed by atoms with Crippen LogP contribution < -0.4 is 10.1 Å². The fourth-order valence-corrected chi connectivity index (χ4v) is 3.59. The van der Waals surface area contributed by atoms with Crippen LogP contribution in [0, 0.1) is 0 Å². The molecule has 0 bridgehead atoms. The maximum Gasteiger partial charge on any atom is 0.232 e. The quantitative estimate of drug-likeness (QED) is 0.415. The highest BCUT2D eigenvalue weighted by Crippen LogP contribution is 2.28. The van der Waals surface area contributed by atoms with Crippen molar-refractivity contribution < 1.29 is 9.15 Å². The number of nitrogens with zero attached hydrogens (tertiary/aromatic N) is 3. The van der Waals surface area contributed by atoms with E-state index >= 15 is 0 Å². The Morgan fingerprint density at radius 3 is 2.54 bits per heavy atom. The van der Waals surface area contributed by atoms with Crippen LogP contribution in [0.4, 0.5) is 5.13 Å². The largest absolute Gasteiger partial charge is 0.497 e. The minimum atomic E-state index is 0.314. The number of fused-ring (bicyclic) bond motifs is 1. The van der Waals surface area contributed by atoms with Gasteiger partial charge in [0.15, 0.2) is 0 Å². The molecule has 0 N–H and O–H groups in total. The van der Waals surface area contributed by atoms with Gasteiger partial charge in [0.2, 0.25) is 5.13 Å². The maximum atomic E-state index is 6.12. The van der Waals surface area contributed by atoms with E-state index in [1.54, 1.807) is 7.11 Å². The van der Waals surface area contributed by atoms with Crippen LogP contribution in [-0.2, 0) is 0 Å². The zero-order chi connectivity index (χ0) is 19.7. The van der Waals surface area contributed by atoms with E-state index in [1.165, 1.54) is 11.3 Å². The molecular formula is C21H18ClN3O2S. The highest BCUT2D eigenvalue weighted by Gasteiger charge is 2.10. The van der Waals surface area contributed by atoms with Gasteiger partial charge in [-0.25, -0.2) is 4.99 Å². The van der Waals surface area contributed by atoms with Crippen molar-refractivity contribution in [2.45, 2.75) is 19.8 Å². The fraction of sp³-hybridized carbons (Fsp3) is 0.190. The van der Waals surface area contributed by atoms with Crippen molar-refractivity contribution in [3.05, 3.63) is 63.9 Å². The number of ether oxygens (including phenoxy) is 1. The highest BCUT2D eigenvalue weighted by atomic mass is 35.5. The number of hydrogen-bond donors (Lipinski definition) is 0. The topological polar surface area (TPSA) is 60.5 Å². The first-order valence-electron chi connectivity index (χ1n) is 8.79. The Morgan fingerprint density at radius 2 is 1.86 bits per heavy atom. The first kappa shape index (κ1) is 18.7. The van der Waals surface area contributed by atoms with Gasteiger partial charge in [0.05, 0.1) is 12.5 Å². The monoisotopic (exact) mass is 411 g/mol. The summed E-state index contributed by atoms with van der Waals surface area (Å²) in [5.74, 6) is 1.74. The Hall–Kier alpha value is -2.70. The van der Waals surface area contributed by atoms with E-state index in [4.69, 9.17) is 25.7 Å². The number of benzene rings is 2. The van der Waals surface area contributed by atoms with Crippen LogP contribution in [0.15, 0.2) is 57.9 Å². The number of halogens is 1. The second kappa shape index (κ2) is 7.73. The molecule has 7 heteroatoms. The van der Waals surface area contributed by atoms with Gasteiger partial charge in [-0.1, -0.05) is 36.8 Å². The van der Waals surface area contributed by atoms with Crippen molar-refractivity contribution >= 4 is 39.0 Å². The number of aromatic nitrogens is 2. The molecule has 28 heavy (non-hydrogen) atoms. The highest BCUT2D eigenvalue weighted by molar-refractivity contribution is 7.15. The van der Waals surface area contributed by atoms with E-state index in [0.717, 1.165) is 27.1 Å². The van der Waals surface area contributed by atoms with Gasteiger partial charge in [-0.15, -0.1) is 10.2 Å². The molecule has 0 amide bonds. The average molecular weight is 412 g/mol. The molecule has 4 aromatic rings. The zero-order valence-corrected chi connectivity index (χ0v) is 17.2. The fourth-order valence-electron chi connectivity index (χ4n) is 2.73. The van der Waals surface area contributed by atoms with Crippen LogP contribution in [0.2, 0.25) is 5.02 Å². The minimum absolute atomic E-state index is 0.314. The molecule has 5 nitrogen and oxygen atoms in total. The molecule has 4 rings (SSSR count). The van der Waals surface area contributed by atoms with Crippen LogP contribution in [0.3, 0.4) is 0 Å². The first-order chi connectivity index (χ1) is 13.5. The number of methoxy groups -OCH3 is 1. The Bertz CT molecular complexity index is 1200. The van der Waals surface area contributed by atoms with Crippen LogP contribution in [0.25, 0.3) is 22.3 Å². The van der Waals surface area contributed by atoms with Crippen molar-refractivity contribution in [3.8, 4) is 17.1 Å². The van der Waals surface area contributed by atoms with Gasteiger partial charge in [-0.05, 0) is 42.5 Å². The third kappa shape index (κ3) is 3.79. The van der Waals surface area contributed by atoms with E-state index in [-0.39, 0.29) is 0 Å². The molecule has 0 fully saturated rings. The first-order valence-corrected chi connectivity index (χ1v) is 9.99. The third-order valence-corrected chi connectivity index (χ3v) is 5.59. The summed E-state index contributed by atoms with van der Waals surface area (Å²) >= 11 is 7.51. The molecule has 0 unspecified atom stereocenters. The van der Waals surface area contributed by atoms with Gasteiger partial charge < -0.3 is 9.15 Å². The maximum absolute atomic E-state index is 6.12. The van der Waals surface area contributed by atoms with E-state index in [9.17, 15) is 0 Å². The molecule has 2 aromatic heterocycles. The average Bonchev–Trinajstić information content (AvgIpc) is 3.17. The Kier molecular flexibility index (Phi) is 5.15. The molecular weight excluding hydrogens is 394 g/mol. The van der Waals surface area contributed by atoms with Gasteiger partial charge >= 0.3 is 0 Å². The molecule has 0 radical (unpaired) electrons. The summed E-state index contributed by atoms with van der Waals surface area (Å²) in [6.07, 6.45) is 0. The number of hydrogen-bond acceptors (Lipinski definition) is 6. The summed E-state index contributed by atoms with van der Waals surface area (Å²) in [6.45, 7) is 4.18. The van der Waals surface area contributed by atoms with Crippen molar-refractivity contribution in [3.63, 3.8) is 0 Å². The molecule has 0 saturated heterocycles. The van der Waals surface area contributed by atoms with Gasteiger partial charge in [-0.2, -0.15) is 0 Å². The normalized spacial score (nSPS) is 12.1. The molecule has 142 valence electrons. The molecule has 0 saturated carbocycles. The zero-order valence-electron chi connectivity index (χ0n) is 15.6. The Morgan fingerprint density at radius 1 is 1.07 bits per heavy atom. The van der Waals surface area contributed by atoms with Crippen molar-refractivity contribution in [2.24, 2.45) is 4.99 Å². The van der Waals surface area contributed by atoms with Crippen LogP contribution in [0.1, 0.15) is 24.8 Å². The molecule has 0 aliphatic heterocycles. The third-order valence-electron chi connectivity index (χ3n) is 4.22. The van der Waals surface area contributed by atoms with Crippen molar-refractivity contribution in [1.82, 2.24) is 10.2 Å². The Labute approximate surface area is 171 Å². The van der Waals surface area contributed by atoms with Gasteiger partial charge in [0, 0.05) is 28.0 Å². The number of rotatable bonds is 4. The molecule has 2 aromatic carbocycles. The van der Waals surface area contributed by atoms with Gasteiger partial charge in [0.1, 0.15) is 22.1 Å². The summed E-state index contributed by atoms with van der Waals surface area (Å²) < 4.78 is 11.5. The van der Waals surface area contributed by atoms with E-state index < -0.39 is 0 Å². The lowest BCUT2D eigenvalue weighted by molar-refractivity contribution is 0.415. The smallest absolute Gasteiger partial charge is 0.232 e. The van der Waals surface area contributed by atoms with E-state index in [0.29, 0.717) is 27.4 Å².